The Hall–Kier alpha value is -2.77. The summed E-state index contributed by atoms with van der Waals surface area (Å²) in [4.78, 5) is 34.0. The van der Waals surface area contributed by atoms with Gasteiger partial charge in [-0.25, -0.2) is 4.79 Å². The Morgan fingerprint density at radius 1 is 1.43 bits per heavy atom. The number of hydrogen-bond donors (Lipinski definition) is 4. The zero-order chi connectivity index (χ0) is 15.4. The summed E-state index contributed by atoms with van der Waals surface area (Å²) in [6, 6.07) is 3.55. The minimum Gasteiger partial charge on any atom is -0.489 e. The summed E-state index contributed by atoms with van der Waals surface area (Å²) in [5, 5.41) is 14.3. The molecule has 0 saturated carbocycles. The number of carbonyl (C=O) groups is 3. The number of carbonyl (C=O) groups excluding carboxylic acids is 2. The number of carboxylic acids is 1. The lowest BCUT2D eigenvalue weighted by Gasteiger charge is -2.22. The molecule has 1 heterocycles. The number of hydrogen-bond acceptors (Lipinski definition) is 5. The van der Waals surface area contributed by atoms with E-state index in [2.05, 4.69) is 10.6 Å². The van der Waals surface area contributed by atoms with Crippen LogP contribution in [-0.4, -0.2) is 42.1 Å². The van der Waals surface area contributed by atoms with E-state index in [1.807, 2.05) is 0 Å². The van der Waals surface area contributed by atoms with Crippen LogP contribution in [0.3, 0.4) is 0 Å². The molecule has 2 amide bonds. The van der Waals surface area contributed by atoms with Crippen molar-refractivity contribution in [2.45, 2.75) is 12.5 Å². The molecule has 8 nitrogen and oxygen atoms in total. The van der Waals surface area contributed by atoms with Gasteiger partial charge in [0.05, 0.1) is 17.7 Å². The first-order chi connectivity index (χ1) is 9.99. The molecule has 1 atom stereocenters. The molecule has 0 aromatic heterocycles. The number of nitrogens with one attached hydrogen (secondary N) is 2. The number of benzene rings is 1. The summed E-state index contributed by atoms with van der Waals surface area (Å²) in [6.45, 7) is 1.03. The van der Waals surface area contributed by atoms with E-state index in [-0.39, 0.29) is 5.56 Å². The fourth-order valence-electron chi connectivity index (χ4n) is 1.99. The van der Waals surface area contributed by atoms with Crippen LogP contribution < -0.4 is 21.1 Å². The lowest BCUT2D eigenvalue weighted by molar-refractivity contribution is -0.140. The molecule has 21 heavy (non-hydrogen) atoms. The monoisotopic (exact) mass is 293 g/mol. The molecule has 0 aliphatic carbocycles. The lowest BCUT2D eigenvalue weighted by atomic mass is 10.1. The molecule has 1 aromatic rings. The molecule has 1 unspecified atom stereocenters. The number of rotatable bonds is 5. The van der Waals surface area contributed by atoms with E-state index in [1.54, 1.807) is 12.1 Å². The summed E-state index contributed by atoms with van der Waals surface area (Å²) < 4.78 is 5.44. The van der Waals surface area contributed by atoms with Crippen LogP contribution in [-0.2, 0) is 9.59 Å². The van der Waals surface area contributed by atoms with E-state index in [0.29, 0.717) is 24.6 Å². The largest absolute Gasteiger partial charge is 0.489 e. The molecule has 112 valence electrons. The minimum absolute atomic E-state index is 0.204. The van der Waals surface area contributed by atoms with Gasteiger partial charge in [0.1, 0.15) is 12.6 Å². The highest BCUT2D eigenvalue weighted by atomic mass is 16.5. The molecular weight excluding hydrogens is 278 g/mol. The maximum Gasteiger partial charge on any atom is 0.326 e. The van der Waals surface area contributed by atoms with Crippen molar-refractivity contribution in [3.05, 3.63) is 23.8 Å². The summed E-state index contributed by atoms with van der Waals surface area (Å²) in [5.41, 5.74) is 5.83. The Balaban J connectivity index is 2.20. The van der Waals surface area contributed by atoms with Crippen LogP contribution in [0.2, 0.25) is 0 Å². The molecule has 2 rings (SSSR count). The molecule has 0 saturated heterocycles. The number of para-hydroxylation sites is 1. The van der Waals surface area contributed by atoms with E-state index in [9.17, 15) is 14.4 Å². The normalized spacial score (nSPS) is 14.1. The van der Waals surface area contributed by atoms with Gasteiger partial charge < -0.3 is 26.2 Å². The van der Waals surface area contributed by atoms with Crippen molar-refractivity contribution >= 4 is 23.5 Å². The number of aliphatic carboxylic acids is 1. The topological polar surface area (TPSA) is 131 Å². The van der Waals surface area contributed by atoms with Gasteiger partial charge in [0.25, 0.3) is 5.91 Å². The fraction of sp³-hybridized carbons (Fsp3) is 0.308. The maximum atomic E-state index is 12.2. The van der Waals surface area contributed by atoms with E-state index in [0.717, 1.165) is 0 Å². The lowest BCUT2D eigenvalue weighted by Crippen LogP contribution is -2.43. The van der Waals surface area contributed by atoms with Crippen LogP contribution in [0.5, 0.6) is 5.75 Å². The number of primary amides is 1. The van der Waals surface area contributed by atoms with Crippen molar-refractivity contribution in [3.8, 4) is 5.75 Å². The average molecular weight is 293 g/mol. The summed E-state index contributed by atoms with van der Waals surface area (Å²) >= 11 is 0. The zero-order valence-corrected chi connectivity index (χ0v) is 11.1. The van der Waals surface area contributed by atoms with Crippen LogP contribution in [0, 0.1) is 0 Å². The first-order valence-electron chi connectivity index (χ1n) is 6.30. The molecule has 5 N–H and O–H groups in total. The molecule has 0 bridgehead atoms. The first-order valence-corrected chi connectivity index (χ1v) is 6.30. The van der Waals surface area contributed by atoms with Gasteiger partial charge in [0.15, 0.2) is 5.75 Å². The zero-order valence-electron chi connectivity index (χ0n) is 11.1. The van der Waals surface area contributed by atoms with E-state index in [4.69, 9.17) is 15.6 Å². The van der Waals surface area contributed by atoms with Crippen LogP contribution in [0.15, 0.2) is 18.2 Å². The van der Waals surface area contributed by atoms with Crippen molar-refractivity contribution in [1.82, 2.24) is 5.32 Å². The van der Waals surface area contributed by atoms with Gasteiger partial charge in [-0.2, -0.15) is 0 Å². The van der Waals surface area contributed by atoms with Crippen LogP contribution in [0.25, 0.3) is 0 Å². The molecule has 0 fully saturated rings. The summed E-state index contributed by atoms with van der Waals surface area (Å²) in [7, 11) is 0. The van der Waals surface area contributed by atoms with Crippen molar-refractivity contribution in [2.24, 2.45) is 5.73 Å². The van der Waals surface area contributed by atoms with Gasteiger partial charge in [0, 0.05) is 6.54 Å². The third-order valence-electron chi connectivity index (χ3n) is 2.93. The SMILES string of the molecule is NC(=O)CC(NC(=O)c1cccc2c1OCCN2)C(=O)O. The molecule has 1 aliphatic heterocycles. The molecule has 8 heteroatoms. The number of nitrogens with two attached hydrogens (primary N) is 1. The number of carboxylic acid groups (broad SMARTS) is 1. The predicted octanol–water partition coefficient (Wildman–Crippen LogP) is -0.451. The Morgan fingerprint density at radius 3 is 2.86 bits per heavy atom. The number of ether oxygens (including phenoxy) is 1. The smallest absolute Gasteiger partial charge is 0.326 e. The Morgan fingerprint density at radius 2 is 2.19 bits per heavy atom. The van der Waals surface area contributed by atoms with Crippen LogP contribution >= 0.6 is 0 Å². The number of amides is 2. The Bertz CT molecular complexity index is 587. The highest BCUT2D eigenvalue weighted by molar-refractivity contribution is 6.01. The number of anilines is 1. The Kier molecular flexibility index (Phi) is 4.27. The van der Waals surface area contributed by atoms with E-state index in [1.165, 1.54) is 6.07 Å². The van der Waals surface area contributed by atoms with Gasteiger partial charge in [-0.3, -0.25) is 9.59 Å². The van der Waals surface area contributed by atoms with E-state index < -0.39 is 30.2 Å². The molecule has 1 aromatic carbocycles. The highest BCUT2D eigenvalue weighted by Crippen LogP contribution is 2.31. The summed E-state index contributed by atoms with van der Waals surface area (Å²) in [6.07, 6.45) is -0.477. The van der Waals surface area contributed by atoms with Gasteiger partial charge in [-0.1, -0.05) is 6.07 Å². The maximum absolute atomic E-state index is 12.2. The second-order valence-corrected chi connectivity index (χ2v) is 4.49. The standard InChI is InChI=1S/C13H15N3O5/c14-10(17)6-9(13(19)20)16-12(18)7-2-1-3-8-11(7)21-5-4-15-8/h1-3,9,15H,4-6H2,(H2,14,17)(H,16,18)(H,19,20). The van der Waals surface area contributed by atoms with Gasteiger partial charge >= 0.3 is 5.97 Å². The third kappa shape index (κ3) is 3.41. The van der Waals surface area contributed by atoms with Crippen molar-refractivity contribution < 1.29 is 24.2 Å². The van der Waals surface area contributed by atoms with Gasteiger partial charge in [-0.15, -0.1) is 0 Å². The van der Waals surface area contributed by atoms with Gasteiger partial charge in [0.2, 0.25) is 5.91 Å². The molecule has 1 aliphatic rings. The summed E-state index contributed by atoms with van der Waals surface area (Å²) in [5.74, 6) is -2.41. The quantitative estimate of drug-likeness (QED) is 0.581. The molecular formula is C13H15N3O5. The van der Waals surface area contributed by atoms with Gasteiger partial charge in [-0.05, 0) is 12.1 Å². The first kappa shape index (κ1) is 14.6. The third-order valence-corrected chi connectivity index (χ3v) is 2.93. The second kappa shape index (κ2) is 6.12. The average Bonchev–Trinajstić information content (AvgIpc) is 2.45. The van der Waals surface area contributed by atoms with Crippen molar-refractivity contribution in [1.29, 1.82) is 0 Å². The fourth-order valence-corrected chi connectivity index (χ4v) is 1.99. The number of fused-ring (bicyclic) bond motifs is 1. The van der Waals surface area contributed by atoms with Crippen molar-refractivity contribution in [2.75, 3.05) is 18.5 Å². The molecule has 0 radical (unpaired) electrons. The predicted molar refractivity (Wildman–Crippen MR) is 73.1 cm³/mol. The highest BCUT2D eigenvalue weighted by Gasteiger charge is 2.25. The molecule has 0 spiro atoms. The van der Waals surface area contributed by atoms with Crippen LogP contribution in [0.4, 0.5) is 5.69 Å². The minimum atomic E-state index is -1.37. The van der Waals surface area contributed by atoms with Crippen LogP contribution in [0.1, 0.15) is 16.8 Å². The Labute approximate surface area is 120 Å². The second-order valence-electron chi connectivity index (χ2n) is 4.49. The van der Waals surface area contributed by atoms with Crippen molar-refractivity contribution in [3.63, 3.8) is 0 Å². The van der Waals surface area contributed by atoms with E-state index >= 15 is 0 Å².